The Morgan fingerprint density at radius 1 is 0.510 bits per heavy atom. The third-order valence-corrected chi connectivity index (χ3v) is 11.0. The van der Waals surface area contributed by atoms with Crippen molar-refractivity contribution in [3.8, 4) is 28.3 Å². The van der Waals surface area contributed by atoms with Gasteiger partial charge in [-0.15, -0.1) is 11.3 Å². The molecule has 0 aliphatic heterocycles. The Morgan fingerprint density at radius 2 is 1.20 bits per heavy atom. The van der Waals surface area contributed by atoms with Crippen LogP contribution in [-0.2, 0) is 0 Å². The van der Waals surface area contributed by atoms with Gasteiger partial charge in [-0.25, -0.2) is 9.97 Å². The lowest BCUT2D eigenvalue weighted by molar-refractivity contribution is 0.673. The molecule has 0 unspecified atom stereocenters. The molecule has 0 saturated carbocycles. The number of hydrogen-bond donors (Lipinski definition) is 0. The van der Waals surface area contributed by atoms with Gasteiger partial charge in [-0.3, -0.25) is 0 Å². The van der Waals surface area contributed by atoms with E-state index in [1.54, 1.807) is 0 Å². The van der Waals surface area contributed by atoms with E-state index < -0.39 is 0 Å². The van der Waals surface area contributed by atoms with Gasteiger partial charge in [-0.1, -0.05) is 103 Å². The Hall–Kier alpha value is -6.30. The molecule has 0 atom stereocenters. The summed E-state index contributed by atoms with van der Waals surface area (Å²) in [4.78, 5) is 10.2. The highest BCUT2D eigenvalue weighted by atomic mass is 32.1. The Bertz CT molecular complexity index is 3100. The van der Waals surface area contributed by atoms with Gasteiger partial charge in [-0.05, 0) is 48.5 Å². The second-order valence-corrected chi connectivity index (χ2v) is 13.6. The van der Waals surface area contributed by atoms with Gasteiger partial charge < -0.3 is 8.98 Å². The molecule has 11 aromatic rings. The van der Waals surface area contributed by atoms with Crippen molar-refractivity contribution < 1.29 is 4.42 Å². The molecular formula is C44H25N3OS. The monoisotopic (exact) mass is 643 g/mol. The fraction of sp³-hybridized carbons (Fsp3) is 0. The summed E-state index contributed by atoms with van der Waals surface area (Å²) in [5, 5.41) is 8.27. The predicted octanol–water partition coefficient (Wildman–Crippen LogP) is 12.3. The van der Waals surface area contributed by atoms with Gasteiger partial charge in [0.2, 0.25) is 0 Å². The molecule has 7 aromatic carbocycles. The zero-order valence-corrected chi connectivity index (χ0v) is 26.9. The number of fused-ring (bicyclic) bond motifs is 13. The summed E-state index contributed by atoms with van der Waals surface area (Å²) in [6, 6.07) is 53.2. The van der Waals surface area contributed by atoms with Crippen molar-refractivity contribution in [2.24, 2.45) is 0 Å². The predicted molar refractivity (Wildman–Crippen MR) is 205 cm³/mol. The molecule has 4 heterocycles. The molecule has 5 heteroatoms. The lowest BCUT2D eigenvalue weighted by atomic mass is 10.0. The van der Waals surface area contributed by atoms with E-state index in [2.05, 4.69) is 138 Å². The summed E-state index contributed by atoms with van der Waals surface area (Å²) < 4.78 is 11.6. The van der Waals surface area contributed by atoms with E-state index in [0.717, 1.165) is 55.5 Å². The van der Waals surface area contributed by atoms with Crippen LogP contribution in [0.5, 0.6) is 0 Å². The smallest absolute Gasteiger partial charge is 0.160 e. The quantitative estimate of drug-likeness (QED) is 0.192. The van der Waals surface area contributed by atoms with Gasteiger partial charge >= 0.3 is 0 Å². The van der Waals surface area contributed by atoms with Crippen LogP contribution in [0.1, 0.15) is 0 Å². The molecule has 4 aromatic heterocycles. The number of para-hydroxylation sites is 3. The van der Waals surface area contributed by atoms with Crippen LogP contribution in [0, 0.1) is 0 Å². The minimum absolute atomic E-state index is 0.712. The fourth-order valence-corrected chi connectivity index (χ4v) is 8.86. The minimum atomic E-state index is 0.712. The van der Waals surface area contributed by atoms with Crippen LogP contribution in [-0.4, -0.2) is 14.5 Å². The van der Waals surface area contributed by atoms with Gasteiger partial charge in [0.25, 0.3) is 0 Å². The highest BCUT2D eigenvalue weighted by Crippen LogP contribution is 2.50. The van der Waals surface area contributed by atoms with Gasteiger partial charge in [0.1, 0.15) is 5.58 Å². The van der Waals surface area contributed by atoms with Crippen molar-refractivity contribution in [1.82, 2.24) is 14.5 Å². The van der Waals surface area contributed by atoms with Crippen LogP contribution in [0.15, 0.2) is 156 Å². The van der Waals surface area contributed by atoms with E-state index in [0.29, 0.717) is 5.82 Å². The molecule has 0 bridgehead atoms. The average Bonchev–Trinajstić information content (AvgIpc) is 3.85. The molecule has 0 N–H and O–H groups in total. The lowest BCUT2D eigenvalue weighted by Gasteiger charge is -2.12. The van der Waals surface area contributed by atoms with Crippen molar-refractivity contribution in [2.75, 3.05) is 0 Å². The largest absolute Gasteiger partial charge is 0.455 e. The summed E-state index contributed by atoms with van der Waals surface area (Å²) in [5.41, 5.74) is 9.25. The van der Waals surface area contributed by atoms with Crippen molar-refractivity contribution in [3.05, 3.63) is 152 Å². The zero-order valence-electron chi connectivity index (χ0n) is 26.1. The van der Waals surface area contributed by atoms with Crippen LogP contribution >= 0.6 is 11.3 Å². The number of aromatic nitrogens is 3. The summed E-state index contributed by atoms with van der Waals surface area (Å²) in [7, 11) is 0. The summed E-state index contributed by atoms with van der Waals surface area (Å²) in [5.74, 6) is 0.712. The summed E-state index contributed by atoms with van der Waals surface area (Å²) in [6.45, 7) is 0. The Morgan fingerprint density at radius 3 is 2.06 bits per heavy atom. The van der Waals surface area contributed by atoms with E-state index in [4.69, 9.17) is 14.4 Å². The number of nitrogens with zero attached hydrogens (tertiary/aromatic N) is 3. The third-order valence-electron chi connectivity index (χ3n) is 9.79. The molecule has 228 valence electrons. The van der Waals surface area contributed by atoms with Gasteiger partial charge in [-0.2, -0.15) is 0 Å². The maximum absolute atomic E-state index is 6.69. The number of hydrogen-bond acceptors (Lipinski definition) is 4. The highest BCUT2D eigenvalue weighted by Gasteiger charge is 2.25. The molecule has 0 spiro atoms. The molecule has 0 amide bonds. The number of furan rings is 1. The molecule has 0 aliphatic carbocycles. The second kappa shape index (κ2) is 10.1. The first-order valence-corrected chi connectivity index (χ1v) is 17.2. The molecule has 0 saturated heterocycles. The van der Waals surface area contributed by atoms with Crippen molar-refractivity contribution in [1.29, 1.82) is 0 Å². The lowest BCUT2D eigenvalue weighted by Crippen LogP contribution is -1.97. The van der Waals surface area contributed by atoms with Crippen molar-refractivity contribution in [3.63, 3.8) is 0 Å². The number of benzene rings is 7. The van der Waals surface area contributed by atoms with Gasteiger partial charge in [0.15, 0.2) is 11.4 Å². The van der Waals surface area contributed by atoms with Crippen LogP contribution in [0.25, 0.3) is 103 Å². The molecule has 4 nitrogen and oxygen atoms in total. The first kappa shape index (κ1) is 26.7. The average molecular weight is 644 g/mol. The first-order valence-electron chi connectivity index (χ1n) is 16.4. The normalized spacial score (nSPS) is 12.1. The van der Waals surface area contributed by atoms with Crippen molar-refractivity contribution in [2.45, 2.75) is 0 Å². The Balaban J connectivity index is 1.21. The topological polar surface area (TPSA) is 43.9 Å². The maximum atomic E-state index is 6.69. The molecular weight excluding hydrogens is 619 g/mol. The van der Waals surface area contributed by atoms with Gasteiger partial charge in [0.05, 0.1) is 26.9 Å². The first-order chi connectivity index (χ1) is 24.3. The van der Waals surface area contributed by atoms with Crippen LogP contribution in [0.4, 0.5) is 0 Å². The third kappa shape index (κ3) is 3.79. The maximum Gasteiger partial charge on any atom is 0.160 e. The molecule has 49 heavy (non-hydrogen) atoms. The Kier molecular flexibility index (Phi) is 5.51. The summed E-state index contributed by atoms with van der Waals surface area (Å²) >= 11 is 1.81. The van der Waals surface area contributed by atoms with Crippen LogP contribution in [0.3, 0.4) is 0 Å². The molecule has 0 fully saturated rings. The SMILES string of the molecule is c1ccc(-c2nc(-c3ccc(-n4c5ccccc5c5c6c7ccccc7oc6c6sc7ccccc7c6c54)cc3)nc3ccccc23)cc1. The van der Waals surface area contributed by atoms with Gasteiger partial charge in [0, 0.05) is 59.2 Å². The molecule has 0 aliphatic rings. The van der Waals surface area contributed by atoms with Crippen LogP contribution in [0.2, 0.25) is 0 Å². The highest BCUT2D eigenvalue weighted by molar-refractivity contribution is 7.26. The van der Waals surface area contributed by atoms with Crippen LogP contribution < -0.4 is 0 Å². The van der Waals surface area contributed by atoms with E-state index in [-0.39, 0.29) is 0 Å². The van der Waals surface area contributed by atoms with E-state index in [1.165, 1.54) is 41.8 Å². The fourth-order valence-electron chi connectivity index (χ4n) is 7.67. The van der Waals surface area contributed by atoms with E-state index >= 15 is 0 Å². The van der Waals surface area contributed by atoms with E-state index in [9.17, 15) is 0 Å². The Labute approximate surface area is 284 Å². The zero-order chi connectivity index (χ0) is 32.1. The summed E-state index contributed by atoms with van der Waals surface area (Å²) in [6.07, 6.45) is 0. The minimum Gasteiger partial charge on any atom is -0.455 e. The number of thiophene rings is 1. The van der Waals surface area contributed by atoms with Crippen molar-refractivity contribution >= 4 is 86.2 Å². The second-order valence-electron chi connectivity index (χ2n) is 12.5. The number of rotatable bonds is 3. The van der Waals surface area contributed by atoms with E-state index in [1.807, 2.05) is 29.5 Å². The standard InChI is InChI=1S/C44H25N3OS/c1-2-12-26(13-3-1)40-29-14-4-8-18-33(29)45-44(46-40)27-22-24-28(25-23-27)47-34-19-9-5-15-30(34)37-38-31-16-6-10-20-35(31)48-42(38)43-39(41(37)47)32-17-7-11-21-36(32)49-43/h1-25H. The molecule has 0 radical (unpaired) electrons. The molecule has 11 rings (SSSR count).